The van der Waals surface area contributed by atoms with Gasteiger partial charge in [0.15, 0.2) is 0 Å². The van der Waals surface area contributed by atoms with Crippen molar-refractivity contribution in [3.05, 3.63) is 0 Å². The highest BCUT2D eigenvalue weighted by Crippen LogP contribution is 2.39. The summed E-state index contributed by atoms with van der Waals surface area (Å²) >= 11 is 0. The van der Waals surface area contributed by atoms with Gasteiger partial charge in [0, 0.05) is 6.54 Å². The van der Waals surface area contributed by atoms with Crippen LogP contribution in [0.4, 0.5) is 0 Å². The lowest BCUT2D eigenvalue weighted by Gasteiger charge is -2.37. The normalized spacial score (nSPS) is 22.3. The van der Waals surface area contributed by atoms with E-state index in [2.05, 4.69) is 12.2 Å². The Morgan fingerprint density at radius 1 is 1.67 bits per heavy atom. The maximum Gasteiger partial charge on any atom is 0.309 e. The van der Waals surface area contributed by atoms with Crippen molar-refractivity contribution >= 4 is 6.41 Å². The minimum Gasteiger partial charge on any atom is -0.347 e. The first-order chi connectivity index (χ1) is 4.27. The maximum absolute atomic E-state index is 9.76. The van der Waals surface area contributed by atoms with Gasteiger partial charge in [-0.2, -0.15) is 0 Å². The molecule has 2 heteroatoms. The van der Waals surface area contributed by atoms with Crippen LogP contribution in [0.2, 0.25) is 0 Å². The highest BCUT2D eigenvalue weighted by atomic mass is 16.1. The van der Waals surface area contributed by atoms with Crippen LogP contribution in [0.5, 0.6) is 0 Å². The van der Waals surface area contributed by atoms with Crippen molar-refractivity contribution in [2.24, 2.45) is 5.41 Å². The Labute approximate surface area is 55.6 Å². The lowest BCUT2D eigenvalue weighted by Crippen LogP contribution is -2.36. The van der Waals surface area contributed by atoms with Crippen LogP contribution >= 0.6 is 0 Å². The number of rotatable bonds is 3. The van der Waals surface area contributed by atoms with Crippen molar-refractivity contribution in [2.75, 3.05) is 6.54 Å². The van der Waals surface area contributed by atoms with E-state index < -0.39 is 0 Å². The SMILES string of the molecule is CC1(CN[C]=O)CCC1. The molecular formula is C7H12NO. The Morgan fingerprint density at radius 2 is 2.33 bits per heavy atom. The Balaban J connectivity index is 2.16. The van der Waals surface area contributed by atoms with Crippen molar-refractivity contribution < 1.29 is 4.79 Å². The molecular weight excluding hydrogens is 114 g/mol. The zero-order chi connectivity index (χ0) is 6.74. The summed E-state index contributed by atoms with van der Waals surface area (Å²) in [6.45, 7) is 3.00. The van der Waals surface area contributed by atoms with Gasteiger partial charge in [-0.05, 0) is 18.3 Å². The molecule has 1 saturated carbocycles. The summed E-state index contributed by atoms with van der Waals surface area (Å²) in [5.41, 5.74) is 0.400. The predicted octanol–water partition coefficient (Wildman–Crippen LogP) is 0.833. The molecule has 1 aliphatic rings. The Bertz CT molecular complexity index is 107. The fourth-order valence-electron chi connectivity index (χ4n) is 1.21. The molecule has 9 heavy (non-hydrogen) atoms. The molecule has 0 heterocycles. The quantitative estimate of drug-likeness (QED) is 0.558. The van der Waals surface area contributed by atoms with Crippen LogP contribution in [0.25, 0.3) is 0 Å². The molecule has 0 unspecified atom stereocenters. The molecule has 1 rings (SSSR count). The Kier molecular flexibility index (Phi) is 1.74. The molecule has 0 aromatic rings. The monoisotopic (exact) mass is 126 g/mol. The smallest absolute Gasteiger partial charge is 0.309 e. The highest BCUT2D eigenvalue weighted by Gasteiger charge is 2.30. The Hall–Kier alpha value is -0.530. The van der Waals surface area contributed by atoms with Crippen LogP contribution in [0.1, 0.15) is 26.2 Å². The molecule has 0 aromatic carbocycles. The summed E-state index contributed by atoms with van der Waals surface area (Å²) < 4.78 is 0. The summed E-state index contributed by atoms with van der Waals surface area (Å²) in [4.78, 5) is 9.76. The third kappa shape index (κ3) is 1.44. The molecule has 0 spiro atoms. The molecule has 1 amide bonds. The van der Waals surface area contributed by atoms with Crippen LogP contribution in [0.3, 0.4) is 0 Å². The van der Waals surface area contributed by atoms with E-state index in [9.17, 15) is 4.79 Å². The predicted molar refractivity (Wildman–Crippen MR) is 35.7 cm³/mol. The van der Waals surface area contributed by atoms with Gasteiger partial charge in [0.1, 0.15) is 0 Å². The second-order valence-electron chi connectivity index (χ2n) is 3.12. The van der Waals surface area contributed by atoms with Crippen molar-refractivity contribution in [2.45, 2.75) is 26.2 Å². The molecule has 0 atom stereocenters. The number of hydrogen-bond donors (Lipinski definition) is 1. The Morgan fingerprint density at radius 3 is 2.67 bits per heavy atom. The molecule has 1 fully saturated rings. The molecule has 1 radical (unpaired) electrons. The minimum atomic E-state index is 0.400. The summed E-state index contributed by atoms with van der Waals surface area (Å²) in [7, 11) is 0. The first-order valence-electron chi connectivity index (χ1n) is 3.37. The number of hydrogen-bond acceptors (Lipinski definition) is 1. The van der Waals surface area contributed by atoms with E-state index >= 15 is 0 Å². The van der Waals surface area contributed by atoms with Gasteiger partial charge in [-0.3, -0.25) is 4.79 Å². The minimum absolute atomic E-state index is 0.400. The van der Waals surface area contributed by atoms with Crippen LogP contribution in [-0.2, 0) is 4.79 Å². The third-order valence-electron chi connectivity index (χ3n) is 2.15. The summed E-state index contributed by atoms with van der Waals surface area (Å²) in [5, 5.41) is 2.59. The maximum atomic E-state index is 9.76. The van der Waals surface area contributed by atoms with E-state index in [0.717, 1.165) is 6.54 Å². The summed E-state index contributed by atoms with van der Waals surface area (Å²) in [5.74, 6) is 0. The molecule has 1 aliphatic carbocycles. The van der Waals surface area contributed by atoms with Crippen molar-refractivity contribution in [1.82, 2.24) is 5.32 Å². The van der Waals surface area contributed by atoms with Gasteiger partial charge < -0.3 is 5.32 Å². The molecule has 1 N–H and O–H groups in total. The second kappa shape index (κ2) is 2.38. The third-order valence-corrected chi connectivity index (χ3v) is 2.15. The second-order valence-corrected chi connectivity index (χ2v) is 3.12. The number of nitrogens with one attached hydrogen (secondary N) is 1. The van der Waals surface area contributed by atoms with Crippen LogP contribution < -0.4 is 5.32 Å². The van der Waals surface area contributed by atoms with E-state index in [4.69, 9.17) is 0 Å². The van der Waals surface area contributed by atoms with Gasteiger partial charge >= 0.3 is 6.41 Å². The molecule has 0 saturated heterocycles. The van der Waals surface area contributed by atoms with Gasteiger partial charge in [-0.15, -0.1) is 0 Å². The van der Waals surface area contributed by atoms with E-state index in [1.807, 2.05) is 0 Å². The van der Waals surface area contributed by atoms with Crippen molar-refractivity contribution in [1.29, 1.82) is 0 Å². The van der Waals surface area contributed by atoms with E-state index in [0.29, 0.717) is 5.41 Å². The average Bonchev–Trinajstić information content (AvgIpc) is 1.79. The first-order valence-corrected chi connectivity index (χ1v) is 3.37. The van der Waals surface area contributed by atoms with Gasteiger partial charge in [0.2, 0.25) is 0 Å². The fourth-order valence-corrected chi connectivity index (χ4v) is 1.21. The average molecular weight is 126 g/mol. The standard InChI is InChI=1S/C7H12NO/c1-7(3-2-4-7)5-8-6-9/h2-5H2,1H3,(H,8,9). The van der Waals surface area contributed by atoms with Gasteiger partial charge in [-0.1, -0.05) is 13.3 Å². The molecule has 51 valence electrons. The van der Waals surface area contributed by atoms with E-state index in [-0.39, 0.29) is 0 Å². The zero-order valence-corrected chi connectivity index (χ0v) is 5.74. The van der Waals surface area contributed by atoms with E-state index in [1.165, 1.54) is 19.3 Å². The molecule has 2 nitrogen and oxygen atoms in total. The molecule has 0 aromatic heterocycles. The van der Waals surface area contributed by atoms with E-state index in [1.54, 1.807) is 6.41 Å². The number of carbonyl (C=O) groups excluding carboxylic acids is 1. The summed E-state index contributed by atoms with van der Waals surface area (Å²) in [6, 6.07) is 0. The lowest BCUT2D eigenvalue weighted by atomic mass is 9.70. The van der Waals surface area contributed by atoms with Gasteiger partial charge in [0.25, 0.3) is 0 Å². The highest BCUT2D eigenvalue weighted by molar-refractivity contribution is 5.47. The lowest BCUT2D eigenvalue weighted by molar-refractivity contribution is 0.165. The topological polar surface area (TPSA) is 29.1 Å². The van der Waals surface area contributed by atoms with Crippen LogP contribution in [-0.4, -0.2) is 13.0 Å². The van der Waals surface area contributed by atoms with Gasteiger partial charge in [0.05, 0.1) is 0 Å². The van der Waals surface area contributed by atoms with Crippen molar-refractivity contribution in [3.8, 4) is 0 Å². The first kappa shape index (κ1) is 6.59. The van der Waals surface area contributed by atoms with Gasteiger partial charge in [-0.25, -0.2) is 0 Å². The van der Waals surface area contributed by atoms with Crippen molar-refractivity contribution in [3.63, 3.8) is 0 Å². The van der Waals surface area contributed by atoms with Crippen LogP contribution in [0.15, 0.2) is 0 Å². The number of amides is 1. The van der Waals surface area contributed by atoms with Crippen LogP contribution in [0, 0.1) is 5.41 Å². The fraction of sp³-hybridized carbons (Fsp3) is 0.857. The largest absolute Gasteiger partial charge is 0.347 e. The molecule has 0 bridgehead atoms. The summed E-state index contributed by atoms with van der Waals surface area (Å²) in [6.07, 6.45) is 5.51. The zero-order valence-electron chi connectivity index (χ0n) is 5.74. The molecule has 0 aliphatic heterocycles.